The average Bonchev–Trinajstić information content (AvgIpc) is 2.57. The molecule has 1 aliphatic rings. The lowest BCUT2D eigenvalue weighted by molar-refractivity contribution is 0.410. The molecule has 5 nitrogen and oxygen atoms in total. The molecular formula is C16H20N4O. The van der Waals surface area contributed by atoms with E-state index in [4.69, 9.17) is 4.74 Å². The Bertz CT molecular complexity index is 579. The molecule has 0 aliphatic carbocycles. The Kier molecular flexibility index (Phi) is 4.31. The van der Waals surface area contributed by atoms with Crippen LogP contribution in [0, 0.1) is 0 Å². The number of methoxy groups -OCH3 is 1. The summed E-state index contributed by atoms with van der Waals surface area (Å²) in [7, 11) is 1.70. The van der Waals surface area contributed by atoms with Crippen molar-refractivity contribution in [1.82, 2.24) is 15.3 Å². The zero-order valence-corrected chi connectivity index (χ0v) is 12.2. The molecule has 5 heteroatoms. The summed E-state index contributed by atoms with van der Waals surface area (Å²) in [5.41, 5.74) is 2.25. The van der Waals surface area contributed by atoms with Gasteiger partial charge in [0.15, 0.2) is 0 Å². The third-order valence-corrected chi connectivity index (χ3v) is 3.68. The Balaban J connectivity index is 1.72. The Morgan fingerprint density at radius 3 is 2.57 bits per heavy atom. The van der Waals surface area contributed by atoms with Gasteiger partial charge in [0.05, 0.1) is 7.11 Å². The number of rotatable bonds is 4. The van der Waals surface area contributed by atoms with E-state index in [-0.39, 0.29) is 0 Å². The third-order valence-electron chi connectivity index (χ3n) is 3.68. The van der Waals surface area contributed by atoms with Crippen LogP contribution in [0.1, 0.15) is 11.1 Å². The van der Waals surface area contributed by atoms with Crippen molar-refractivity contribution in [3.8, 4) is 5.75 Å². The van der Waals surface area contributed by atoms with Crippen molar-refractivity contribution in [2.24, 2.45) is 0 Å². The van der Waals surface area contributed by atoms with E-state index in [0.29, 0.717) is 0 Å². The summed E-state index contributed by atoms with van der Waals surface area (Å²) >= 11 is 0. The molecule has 0 spiro atoms. The van der Waals surface area contributed by atoms with Crippen molar-refractivity contribution >= 4 is 5.95 Å². The minimum atomic E-state index is 0.784. The number of hydrogen-bond acceptors (Lipinski definition) is 5. The molecule has 0 bridgehead atoms. The fourth-order valence-electron chi connectivity index (χ4n) is 2.54. The summed E-state index contributed by atoms with van der Waals surface area (Å²) in [5, 5.41) is 3.33. The lowest BCUT2D eigenvalue weighted by atomic mass is 10.1. The van der Waals surface area contributed by atoms with Gasteiger partial charge in [-0.3, -0.25) is 0 Å². The van der Waals surface area contributed by atoms with Gasteiger partial charge in [0.25, 0.3) is 0 Å². The van der Waals surface area contributed by atoms with E-state index in [9.17, 15) is 0 Å². The topological polar surface area (TPSA) is 50.3 Å². The van der Waals surface area contributed by atoms with E-state index >= 15 is 0 Å². The molecular weight excluding hydrogens is 264 g/mol. The minimum absolute atomic E-state index is 0.784. The molecule has 21 heavy (non-hydrogen) atoms. The molecule has 0 radical (unpaired) electrons. The first kappa shape index (κ1) is 13.8. The molecule has 3 rings (SSSR count). The number of nitrogens with zero attached hydrogens (tertiary/aromatic N) is 3. The number of aromatic nitrogens is 2. The van der Waals surface area contributed by atoms with Crippen LogP contribution in [0.4, 0.5) is 5.95 Å². The van der Waals surface area contributed by atoms with Gasteiger partial charge in [-0.1, -0.05) is 18.2 Å². The maximum Gasteiger partial charge on any atom is 0.225 e. The Morgan fingerprint density at radius 2 is 1.86 bits per heavy atom. The van der Waals surface area contributed by atoms with E-state index in [2.05, 4.69) is 26.3 Å². The summed E-state index contributed by atoms with van der Waals surface area (Å²) in [6.07, 6.45) is 4.61. The van der Waals surface area contributed by atoms with Gasteiger partial charge >= 0.3 is 0 Å². The molecule has 0 amide bonds. The van der Waals surface area contributed by atoms with Gasteiger partial charge in [-0.15, -0.1) is 0 Å². The minimum Gasteiger partial charge on any atom is -0.496 e. The van der Waals surface area contributed by atoms with Crippen LogP contribution in [0.3, 0.4) is 0 Å². The quantitative estimate of drug-likeness (QED) is 0.922. The van der Waals surface area contributed by atoms with Crippen LogP contribution in [-0.4, -0.2) is 43.3 Å². The average molecular weight is 284 g/mol. The highest BCUT2D eigenvalue weighted by molar-refractivity contribution is 5.38. The van der Waals surface area contributed by atoms with Gasteiger partial charge in [-0.25, -0.2) is 9.97 Å². The molecule has 1 aromatic carbocycles. The number of nitrogens with one attached hydrogen (secondary N) is 1. The van der Waals surface area contributed by atoms with E-state index in [1.807, 2.05) is 30.6 Å². The van der Waals surface area contributed by atoms with Crippen LogP contribution in [0.25, 0.3) is 0 Å². The van der Waals surface area contributed by atoms with E-state index in [1.54, 1.807) is 7.11 Å². The number of benzene rings is 1. The number of hydrogen-bond donors (Lipinski definition) is 1. The molecule has 0 saturated carbocycles. The summed E-state index contributed by atoms with van der Waals surface area (Å²) in [4.78, 5) is 11.2. The largest absolute Gasteiger partial charge is 0.496 e. The number of anilines is 1. The lowest BCUT2D eigenvalue weighted by Gasteiger charge is -2.27. The van der Waals surface area contributed by atoms with E-state index < -0.39 is 0 Å². The molecule has 0 unspecified atom stereocenters. The zero-order valence-electron chi connectivity index (χ0n) is 12.2. The monoisotopic (exact) mass is 284 g/mol. The third kappa shape index (κ3) is 3.31. The number of ether oxygens (including phenoxy) is 1. The van der Waals surface area contributed by atoms with Crippen LogP contribution in [0.5, 0.6) is 5.75 Å². The maximum absolute atomic E-state index is 5.38. The second-order valence-electron chi connectivity index (χ2n) is 5.12. The smallest absolute Gasteiger partial charge is 0.225 e. The van der Waals surface area contributed by atoms with Gasteiger partial charge in [0, 0.05) is 45.0 Å². The molecule has 0 atom stereocenters. The molecule has 1 saturated heterocycles. The Hall–Kier alpha value is -2.14. The van der Waals surface area contributed by atoms with E-state index in [1.165, 1.54) is 0 Å². The Morgan fingerprint density at radius 1 is 1.14 bits per heavy atom. The number of para-hydroxylation sites is 1. The highest BCUT2D eigenvalue weighted by Gasteiger charge is 2.12. The first-order chi connectivity index (χ1) is 10.4. The van der Waals surface area contributed by atoms with Crippen molar-refractivity contribution in [3.63, 3.8) is 0 Å². The summed E-state index contributed by atoms with van der Waals surface area (Å²) < 4.78 is 5.38. The first-order valence-electron chi connectivity index (χ1n) is 7.25. The first-order valence-corrected chi connectivity index (χ1v) is 7.25. The summed E-state index contributed by atoms with van der Waals surface area (Å²) in [6.45, 7) is 3.91. The summed E-state index contributed by atoms with van der Waals surface area (Å²) in [6, 6.07) is 8.05. The van der Waals surface area contributed by atoms with Gasteiger partial charge in [0.1, 0.15) is 5.75 Å². The zero-order chi connectivity index (χ0) is 14.5. The highest BCUT2D eigenvalue weighted by Crippen LogP contribution is 2.20. The predicted octanol–water partition coefficient (Wildman–Crippen LogP) is 1.49. The highest BCUT2D eigenvalue weighted by atomic mass is 16.5. The molecule has 110 valence electrons. The van der Waals surface area contributed by atoms with Crippen LogP contribution in [-0.2, 0) is 6.42 Å². The van der Waals surface area contributed by atoms with Crippen molar-refractivity contribution in [1.29, 1.82) is 0 Å². The van der Waals surface area contributed by atoms with E-state index in [0.717, 1.165) is 55.4 Å². The standard InChI is InChI=1S/C16H20N4O/c1-21-15-5-3-2-4-14(15)10-13-11-18-16(19-12-13)20-8-6-17-7-9-20/h2-5,11-12,17H,6-10H2,1H3. The molecule has 1 aliphatic heterocycles. The van der Waals surface area contributed by atoms with Crippen LogP contribution >= 0.6 is 0 Å². The van der Waals surface area contributed by atoms with Crippen molar-refractivity contribution in [2.45, 2.75) is 6.42 Å². The molecule has 1 N–H and O–H groups in total. The number of piperazine rings is 1. The fourth-order valence-corrected chi connectivity index (χ4v) is 2.54. The van der Waals surface area contributed by atoms with Crippen LogP contribution in [0.2, 0.25) is 0 Å². The van der Waals surface area contributed by atoms with Gasteiger partial charge in [-0.05, 0) is 17.2 Å². The molecule has 2 aromatic rings. The molecule has 2 heterocycles. The van der Waals surface area contributed by atoms with Crippen molar-refractivity contribution < 1.29 is 4.74 Å². The maximum atomic E-state index is 5.38. The lowest BCUT2D eigenvalue weighted by Crippen LogP contribution is -2.44. The van der Waals surface area contributed by atoms with Gasteiger partial charge < -0.3 is 15.0 Å². The van der Waals surface area contributed by atoms with Gasteiger partial charge in [0.2, 0.25) is 5.95 Å². The summed E-state index contributed by atoms with van der Waals surface area (Å²) in [5.74, 6) is 1.73. The van der Waals surface area contributed by atoms with Crippen LogP contribution < -0.4 is 15.0 Å². The SMILES string of the molecule is COc1ccccc1Cc1cnc(N2CCNCC2)nc1. The van der Waals surface area contributed by atoms with Gasteiger partial charge in [-0.2, -0.15) is 0 Å². The second kappa shape index (κ2) is 6.54. The predicted molar refractivity (Wildman–Crippen MR) is 82.9 cm³/mol. The Labute approximate surface area is 125 Å². The van der Waals surface area contributed by atoms with Crippen LogP contribution in [0.15, 0.2) is 36.7 Å². The second-order valence-corrected chi connectivity index (χ2v) is 5.12. The van der Waals surface area contributed by atoms with Crippen molar-refractivity contribution in [3.05, 3.63) is 47.8 Å². The van der Waals surface area contributed by atoms with Crippen molar-refractivity contribution in [2.75, 3.05) is 38.2 Å². The molecule has 1 aromatic heterocycles. The fraction of sp³-hybridized carbons (Fsp3) is 0.375. The molecule has 1 fully saturated rings. The normalized spacial score (nSPS) is 15.0.